The van der Waals surface area contributed by atoms with E-state index >= 15 is 0 Å². The maximum absolute atomic E-state index is 12.7. The summed E-state index contributed by atoms with van der Waals surface area (Å²) < 4.78 is 15.9. The van der Waals surface area contributed by atoms with Gasteiger partial charge in [-0.3, -0.25) is 9.59 Å². The fourth-order valence-corrected chi connectivity index (χ4v) is 2.80. The van der Waals surface area contributed by atoms with Crippen molar-refractivity contribution in [3.8, 4) is 29.9 Å². The first kappa shape index (κ1) is 23.6. The largest absolute Gasteiger partial charge is 0.493 e. The Morgan fingerprint density at radius 3 is 2.58 bits per heavy atom. The Kier molecular flexibility index (Phi) is 9.22. The van der Waals surface area contributed by atoms with E-state index < -0.39 is 24.4 Å². The number of esters is 1. The van der Waals surface area contributed by atoms with Crippen LogP contribution < -0.4 is 14.8 Å². The number of nitrogens with one attached hydrogen (secondary N) is 1. The molecule has 0 bridgehead atoms. The minimum absolute atomic E-state index is 0.127. The fraction of sp³-hybridized carbons (Fsp3) is 0.261. The summed E-state index contributed by atoms with van der Waals surface area (Å²) in [6.45, 7) is 0.412. The van der Waals surface area contributed by atoms with E-state index in [1.54, 1.807) is 42.5 Å². The minimum atomic E-state index is -1.19. The van der Waals surface area contributed by atoms with E-state index in [1.807, 2.05) is 6.07 Å². The van der Waals surface area contributed by atoms with Gasteiger partial charge in [-0.15, -0.1) is 6.42 Å². The van der Waals surface area contributed by atoms with Crippen LogP contribution in [0.15, 0.2) is 42.5 Å². The summed E-state index contributed by atoms with van der Waals surface area (Å²) in [6, 6.07) is 13.4. The average Bonchev–Trinajstić information content (AvgIpc) is 2.77. The topological polar surface area (TPSA) is 97.6 Å². The van der Waals surface area contributed by atoms with Crippen molar-refractivity contribution in [3.05, 3.63) is 58.6 Å². The number of hydrogen-bond acceptors (Lipinski definition) is 6. The summed E-state index contributed by atoms with van der Waals surface area (Å²) in [5.74, 6) is 2.16. The molecule has 0 heterocycles. The first-order valence-electron chi connectivity index (χ1n) is 9.31. The lowest BCUT2D eigenvalue weighted by molar-refractivity contribution is -0.155. The predicted octanol–water partition coefficient (Wildman–Crippen LogP) is 3.22. The van der Waals surface area contributed by atoms with Crippen molar-refractivity contribution in [2.45, 2.75) is 18.9 Å². The summed E-state index contributed by atoms with van der Waals surface area (Å²) in [5.41, 5.74) is 1.35. The second-order valence-electron chi connectivity index (χ2n) is 6.28. The van der Waals surface area contributed by atoms with Gasteiger partial charge in [0.2, 0.25) is 6.10 Å². The van der Waals surface area contributed by atoms with Crippen LogP contribution in [0.2, 0.25) is 5.02 Å². The van der Waals surface area contributed by atoms with E-state index in [-0.39, 0.29) is 13.2 Å². The fourth-order valence-electron chi connectivity index (χ4n) is 2.68. The molecular formula is C23H21ClN2O5. The number of hydrogen-bond donors (Lipinski definition) is 1. The SMILES string of the molecule is C#CCOc1ccc(CCNC(=O)C(OC(=O)CC#N)c2ccc(Cl)cc2)cc1OC. The molecule has 0 aliphatic rings. The molecule has 8 heteroatoms. The van der Waals surface area contributed by atoms with Gasteiger partial charge in [-0.1, -0.05) is 35.7 Å². The van der Waals surface area contributed by atoms with Gasteiger partial charge in [-0.05, 0) is 36.2 Å². The number of amides is 1. The third kappa shape index (κ3) is 7.26. The number of benzene rings is 2. The Morgan fingerprint density at radius 2 is 1.94 bits per heavy atom. The van der Waals surface area contributed by atoms with Crippen LogP contribution >= 0.6 is 11.6 Å². The van der Waals surface area contributed by atoms with Crippen LogP contribution in [0.5, 0.6) is 11.5 Å². The van der Waals surface area contributed by atoms with Crippen LogP contribution in [0.4, 0.5) is 0 Å². The van der Waals surface area contributed by atoms with Crippen molar-refractivity contribution in [3.63, 3.8) is 0 Å². The van der Waals surface area contributed by atoms with E-state index in [0.29, 0.717) is 28.5 Å². The average molecular weight is 441 g/mol. The number of carbonyl (C=O) groups excluding carboxylic acids is 2. The number of methoxy groups -OCH3 is 1. The molecule has 0 spiro atoms. The molecule has 160 valence electrons. The molecule has 1 amide bonds. The Bertz CT molecular complexity index is 993. The third-order valence-electron chi connectivity index (χ3n) is 4.14. The first-order chi connectivity index (χ1) is 15.0. The molecule has 0 aromatic heterocycles. The summed E-state index contributed by atoms with van der Waals surface area (Å²) in [6.07, 6.45) is 4.06. The van der Waals surface area contributed by atoms with Crippen LogP contribution in [0.25, 0.3) is 0 Å². The van der Waals surface area contributed by atoms with Gasteiger partial charge in [0, 0.05) is 17.1 Å². The molecule has 2 rings (SSSR count). The Labute approximate surface area is 185 Å². The zero-order chi connectivity index (χ0) is 22.6. The molecule has 2 aromatic carbocycles. The molecule has 0 aliphatic heterocycles. The van der Waals surface area contributed by atoms with E-state index in [0.717, 1.165) is 5.56 Å². The van der Waals surface area contributed by atoms with Crippen molar-refractivity contribution in [2.24, 2.45) is 0 Å². The molecule has 0 aliphatic carbocycles. The molecule has 2 aromatic rings. The lowest BCUT2D eigenvalue weighted by Crippen LogP contribution is -2.33. The van der Waals surface area contributed by atoms with Gasteiger partial charge in [-0.2, -0.15) is 5.26 Å². The molecule has 0 fully saturated rings. The van der Waals surface area contributed by atoms with Gasteiger partial charge in [0.15, 0.2) is 11.5 Å². The molecule has 1 unspecified atom stereocenters. The van der Waals surface area contributed by atoms with E-state index in [4.69, 9.17) is 37.5 Å². The normalized spacial score (nSPS) is 10.8. The lowest BCUT2D eigenvalue weighted by Gasteiger charge is -2.18. The van der Waals surface area contributed by atoms with Gasteiger partial charge in [0.25, 0.3) is 5.91 Å². The summed E-state index contributed by atoms with van der Waals surface area (Å²) in [7, 11) is 1.52. The van der Waals surface area contributed by atoms with Gasteiger partial charge in [0.1, 0.15) is 13.0 Å². The second-order valence-corrected chi connectivity index (χ2v) is 6.71. The smallest absolute Gasteiger partial charge is 0.321 e. The molecule has 1 atom stereocenters. The molecule has 0 saturated heterocycles. The number of terminal acetylenes is 1. The van der Waals surface area contributed by atoms with Gasteiger partial charge in [-0.25, -0.2) is 0 Å². The number of nitrogens with zero attached hydrogens (tertiary/aromatic N) is 1. The molecule has 0 saturated carbocycles. The summed E-state index contributed by atoms with van der Waals surface area (Å²) >= 11 is 5.89. The molecule has 7 nitrogen and oxygen atoms in total. The Hall–Kier alpha value is -3.68. The van der Waals surface area contributed by atoms with Crippen molar-refractivity contribution >= 4 is 23.5 Å². The van der Waals surface area contributed by atoms with Crippen molar-refractivity contribution in [1.82, 2.24) is 5.32 Å². The van der Waals surface area contributed by atoms with Crippen LogP contribution in [-0.4, -0.2) is 32.1 Å². The van der Waals surface area contributed by atoms with Crippen LogP contribution in [0, 0.1) is 23.7 Å². The number of carbonyl (C=O) groups is 2. The number of halogens is 1. The number of nitriles is 1. The van der Waals surface area contributed by atoms with Crippen LogP contribution in [-0.2, 0) is 20.7 Å². The molecule has 1 N–H and O–H groups in total. The highest BCUT2D eigenvalue weighted by molar-refractivity contribution is 6.30. The predicted molar refractivity (Wildman–Crippen MR) is 115 cm³/mol. The zero-order valence-corrected chi connectivity index (χ0v) is 17.6. The number of ether oxygens (including phenoxy) is 3. The van der Waals surface area contributed by atoms with Crippen molar-refractivity contribution in [2.75, 3.05) is 20.3 Å². The highest BCUT2D eigenvalue weighted by Crippen LogP contribution is 2.28. The van der Waals surface area contributed by atoms with E-state index in [2.05, 4.69) is 11.2 Å². The Balaban J connectivity index is 2.03. The van der Waals surface area contributed by atoms with E-state index in [9.17, 15) is 9.59 Å². The maximum atomic E-state index is 12.7. The monoisotopic (exact) mass is 440 g/mol. The molecule has 0 radical (unpaired) electrons. The Morgan fingerprint density at radius 1 is 1.19 bits per heavy atom. The van der Waals surface area contributed by atoms with Crippen molar-refractivity contribution < 1.29 is 23.8 Å². The standard InChI is InChI=1S/C23H21ClN2O5/c1-3-14-30-19-9-4-16(15-20(19)29-2)11-13-26-23(28)22(31-21(27)10-12-25)17-5-7-18(24)8-6-17/h1,4-9,15,22H,10-11,13-14H2,2H3,(H,26,28). The van der Waals surface area contributed by atoms with Crippen LogP contribution in [0.3, 0.4) is 0 Å². The zero-order valence-electron chi connectivity index (χ0n) is 16.9. The summed E-state index contributed by atoms with van der Waals surface area (Å²) in [5, 5.41) is 11.9. The third-order valence-corrected chi connectivity index (χ3v) is 4.39. The highest BCUT2D eigenvalue weighted by Gasteiger charge is 2.24. The van der Waals surface area contributed by atoms with Gasteiger partial charge < -0.3 is 19.5 Å². The molecular weight excluding hydrogens is 420 g/mol. The number of rotatable bonds is 10. The van der Waals surface area contributed by atoms with Crippen LogP contribution in [0.1, 0.15) is 23.7 Å². The second kappa shape index (κ2) is 12.1. The lowest BCUT2D eigenvalue weighted by atomic mass is 10.1. The quantitative estimate of drug-likeness (QED) is 0.450. The van der Waals surface area contributed by atoms with E-state index in [1.165, 1.54) is 7.11 Å². The minimum Gasteiger partial charge on any atom is -0.493 e. The maximum Gasteiger partial charge on any atom is 0.321 e. The first-order valence-corrected chi connectivity index (χ1v) is 9.69. The summed E-state index contributed by atoms with van der Waals surface area (Å²) in [4.78, 5) is 24.5. The molecule has 31 heavy (non-hydrogen) atoms. The van der Waals surface area contributed by atoms with Crippen molar-refractivity contribution in [1.29, 1.82) is 5.26 Å². The van der Waals surface area contributed by atoms with Gasteiger partial charge in [0.05, 0.1) is 13.2 Å². The highest BCUT2D eigenvalue weighted by atomic mass is 35.5. The van der Waals surface area contributed by atoms with Gasteiger partial charge >= 0.3 is 5.97 Å².